The van der Waals surface area contributed by atoms with Crippen LogP contribution >= 0.6 is 0 Å². The monoisotopic (exact) mass is 217 g/mol. The summed E-state index contributed by atoms with van der Waals surface area (Å²) >= 11 is 0. The lowest BCUT2D eigenvalue weighted by atomic mass is 10.0. The minimum absolute atomic E-state index is 0.625. The highest BCUT2D eigenvalue weighted by Gasteiger charge is 1.97. The van der Waals surface area contributed by atoms with Crippen LogP contribution in [0.15, 0.2) is 36.4 Å². The molecule has 0 saturated heterocycles. The Labute approximate surface area is 99.6 Å². The van der Waals surface area contributed by atoms with E-state index in [9.17, 15) is 0 Å². The lowest BCUT2D eigenvalue weighted by Crippen LogP contribution is -2.05. The number of hydrogen-bond acceptors (Lipinski definition) is 1. The average molecular weight is 217 g/mol. The Morgan fingerprint density at radius 1 is 1.12 bits per heavy atom. The zero-order valence-corrected chi connectivity index (χ0v) is 10.7. The molecule has 1 heteroatoms. The van der Waals surface area contributed by atoms with Crippen molar-refractivity contribution in [1.82, 2.24) is 5.32 Å². The molecule has 16 heavy (non-hydrogen) atoms. The lowest BCUT2D eigenvalue weighted by Gasteiger charge is -2.05. The van der Waals surface area contributed by atoms with Crippen molar-refractivity contribution >= 4 is 0 Å². The van der Waals surface area contributed by atoms with Crippen LogP contribution in [0, 0.1) is 0 Å². The Balaban J connectivity index is 2.40. The Kier molecular flexibility index (Phi) is 5.87. The van der Waals surface area contributed by atoms with Crippen LogP contribution in [0.3, 0.4) is 0 Å². The summed E-state index contributed by atoms with van der Waals surface area (Å²) in [4.78, 5) is 0. The Bertz CT molecular complexity index is 309. The van der Waals surface area contributed by atoms with Gasteiger partial charge in [0.25, 0.3) is 0 Å². The second-order valence-corrected chi connectivity index (χ2v) is 4.46. The first-order valence-corrected chi connectivity index (χ1v) is 6.12. The molecule has 0 aliphatic heterocycles. The van der Waals surface area contributed by atoms with Gasteiger partial charge in [-0.05, 0) is 43.5 Å². The number of hydrogen-bond donors (Lipinski definition) is 1. The van der Waals surface area contributed by atoms with Crippen molar-refractivity contribution in [2.45, 2.75) is 32.6 Å². The van der Waals surface area contributed by atoms with Crippen LogP contribution in [0.5, 0.6) is 0 Å². The Hall–Kier alpha value is -1.08. The molecule has 0 amide bonds. The van der Waals surface area contributed by atoms with Crippen molar-refractivity contribution in [2.24, 2.45) is 0 Å². The van der Waals surface area contributed by atoms with Gasteiger partial charge in [0.1, 0.15) is 0 Å². The fourth-order valence-corrected chi connectivity index (χ4v) is 1.60. The van der Waals surface area contributed by atoms with Gasteiger partial charge in [-0.15, -0.1) is 0 Å². The van der Waals surface area contributed by atoms with Crippen molar-refractivity contribution in [3.05, 3.63) is 47.5 Å². The van der Waals surface area contributed by atoms with Gasteiger partial charge in [-0.3, -0.25) is 0 Å². The predicted molar refractivity (Wildman–Crippen MR) is 71.9 cm³/mol. The van der Waals surface area contributed by atoms with E-state index in [1.807, 2.05) is 7.05 Å². The van der Waals surface area contributed by atoms with Crippen molar-refractivity contribution in [2.75, 3.05) is 13.6 Å². The lowest BCUT2D eigenvalue weighted by molar-refractivity contribution is 0.806. The predicted octanol–water partition coefficient (Wildman–Crippen LogP) is 3.52. The second kappa shape index (κ2) is 7.24. The topological polar surface area (TPSA) is 12.0 Å². The van der Waals surface area contributed by atoms with E-state index >= 15 is 0 Å². The standard InChI is InChI=1S/C15H23N/c1-13(2)15-10-8-14(9-11-15)7-5-4-6-12-16-3/h4-5,8-11,13,16H,6-7,12H2,1-3H3. The van der Waals surface area contributed by atoms with Gasteiger partial charge >= 0.3 is 0 Å². The second-order valence-electron chi connectivity index (χ2n) is 4.46. The summed E-state index contributed by atoms with van der Waals surface area (Å²) in [5.74, 6) is 0.625. The molecule has 88 valence electrons. The van der Waals surface area contributed by atoms with Gasteiger partial charge in [-0.1, -0.05) is 50.3 Å². The fraction of sp³-hybridized carbons (Fsp3) is 0.467. The quantitative estimate of drug-likeness (QED) is 0.568. The molecule has 1 nitrogen and oxygen atoms in total. The van der Waals surface area contributed by atoms with Crippen LogP contribution in [0.25, 0.3) is 0 Å². The normalized spacial score (nSPS) is 11.5. The summed E-state index contributed by atoms with van der Waals surface area (Å²) in [7, 11) is 1.98. The van der Waals surface area contributed by atoms with Crippen LogP contribution < -0.4 is 5.32 Å². The highest BCUT2D eigenvalue weighted by molar-refractivity contribution is 5.25. The molecule has 1 aromatic rings. The molecule has 0 unspecified atom stereocenters. The van der Waals surface area contributed by atoms with E-state index < -0.39 is 0 Å². The van der Waals surface area contributed by atoms with Gasteiger partial charge in [0.05, 0.1) is 0 Å². The summed E-state index contributed by atoms with van der Waals surface area (Å²) in [6.07, 6.45) is 6.65. The van der Waals surface area contributed by atoms with E-state index in [4.69, 9.17) is 0 Å². The molecule has 0 spiro atoms. The van der Waals surface area contributed by atoms with Crippen LogP contribution in [-0.4, -0.2) is 13.6 Å². The van der Waals surface area contributed by atoms with E-state index in [0.717, 1.165) is 19.4 Å². The van der Waals surface area contributed by atoms with Crippen molar-refractivity contribution < 1.29 is 0 Å². The maximum Gasteiger partial charge on any atom is -0.00173 e. The average Bonchev–Trinajstić information content (AvgIpc) is 2.29. The molecule has 0 radical (unpaired) electrons. The Morgan fingerprint density at radius 3 is 2.38 bits per heavy atom. The van der Waals surface area contributed by atoms with E-state index in [2.05, 4.69) is 55.6 Å². The van der Waals surface area contributed by atoms with E-state index in [1.54, 1.807) is 0 Å². The van der Waals surface area contributed by atoms with Gasteiger partial charge in [0, 0.05) is 0 Å². The molecular formula is C15H23N. The summed E-state index contributed by atoms with van der Waals surface area (Å²) in [5.41, 5.74) is 2.81. The maximum absolute atomic E-state index is 3.14. The highest BCUT2D eigenvalue weighted by Crippen LogP contribution is 2.14. The minimum Gasteiger partial charge on any atom is -0.319 e. The van der Waals surface area contributed by atoms with Crippen LogP contribution in [0.1, 0.15) is 37.3 Å². The molecular weight excluding hydrogens is 194 g/mol. The molecule has 0 bridgehead atoms. The first kappa shape index (κ1) is 13.0. The molecule has 1 N–H and O–H groups in total. The number of rotatable bonds is 6. The van der Waals surface area contributed by atoms with Gasteiger partial charge in [-0.2, -0.15) is 0 Å². The molecule has 0 aliphatic rings. The molecule has 1 rings (SSSR count). The van der Waals surface area contributed by atoms with Crippen LogP contribution in [-0.2, 0) is 6.42 Å². The molecule has 1 aromatic carbocycles. The third kappa shape index (κ3) is 4.63. The van der Waals surface area contributed by atoms with Crippen LogP contribution in [0.2, 0.25) is 0 Å². The summed E-state index contributed by atoms with van der Waals surface area (Å²) in [5, 5.41) is 3.14. The van der Waals surface area contributed by atoms with Gasteiger partial charge in [0.15, 0.2) is 0 Å². The van der Waals surface area contributed by atoms with Gasteiger partial charge in [-0.25, -0.2) is 0 Å². The summed E-state index contributed by atoms with van der Waals surface area (Å²) < 4.78 is 0. The summed E-state index contributed by atoms with van der Waals surface area (Å²) in [6, 6.07) is 8.94. The molecule has 0 aromatic heterocycles. The minimum atomic E-state index is 0.625. The SMILES string of the molecule is CNCCC=CCc1ccc(C(C)C)cc1. The molecule has 0 heterocycles. The summed E-state index contributed by atoms with van der Waals surface area (Å²) in [6.45, 7) is 5.52. The van der Waals surface area contributed by atoms with E-state index in [1.165, 1.54) is 11.1 Å². The molecule has 0 saturated carbocycles. The number of benzene rings is 1. The van der Waals surface area contributed by atoms with Crippen molar-refractivity contribution in [3.63, 3.8) is 0 Å². The zero-order chi connectivity index (χ0) is 11.8. The first-order chi connectivity index (χ1) is 7.74. The zero-order valence-electron chi connectivity index (χ0n) is 10.7. The first-order valence-electron chi connectivity index (χ1n) is 6.12. The van der Waals surface area contributed by atoms with Gasteiger partial charge < -0.3 is 5.32 Å². The van der Waals surface area contributed by atoms with E-state index in [0.29, 0.717) is 5.92 Å². The molecule has 0 atom stereocenters. The van der Waals surface area contributed by atoms with E-state index in [-0.39, 0.29) is 0 Å². The largest absolute Gasteiger partial charge is 0.319 e. The van der Waals surface area contributed by atoms with Gasteiger partial charge in [0.2, 0.25) is 0 Å². The third-order valence-corrected chi connectivity index (χ3v) is 2.73. The molecule has 0 aliphatic carbocycles. The van der Waals surface area contributed by atoms with Crippen LogP contribution in [0.4, 0.5) is 0 Å². The Morgan fingerprint density at radius 2 is 1.81 bits per heavy atom. The van der Waals surface area contributed by atoms with Crippen molar-refractivity contribution in [1.29, 1.82) is 0 Å². The fourth-order valence-electron chi connectivity index (χ4n) is 1.60. The number of allylic oxidation sites excluding steroid dienone is 1. The maximum atomic E-state index is 3.14. The van der Waals surface area contributed by atoms with Crippen molar-refractivity contribution in [3.8, 4) is 0 Å². The highest BCUT2D eigenvalue weighted by atomic mass is 14.8. The smallest absolute Gasteiger partial charge is 0.00173 e. The number of nitrogens with one attached hydrogen (secondary N) is 1. The molecule has 0 fully saturated rings. The third-order valence-electron chi connectivity index (χ3n) is 2.73.